The minimum absolute atomic E-state index is 0.0743. The zero-order chi connectivity index (χ0) is 16.9. The first-order valence-corrected chi connectivity index (χ1v) is 8.36. The topological polar surface area (TPSA) is 50.3 Å². The minimum Gasteiger partial charge on any atom is -0.474 e. The summed E-state index contributed by atoms with van der Waals surface area (Å²) in [5.74, 6) is 1.18. The summed E-state index contributed by atoms with van der Waals surface area (Å²) in [6.07, 6.45) is 5.31. The molecular weight excluding hydrogens is 307 g/mol. The molecule has 0 spiro atoms. The smallest absolute Gasteiger partial charge is 0.234 e. The Kier molecular flexibility index (Phi) is 5.13. The molecule has 2 aromatic rings. The summed E-state index contributed by atoms with van der Waals surface area (Å²) in [5, 5.41) is 3.30. The molecule has 5 nitrogen and oxygen atoms in total. The number of para-hydroxylation sites is 1. The van der Waals surface area contributed by atoms with Crippen LogP contribution in [0.3, 0.4) is 0 Å². The van der Waals surface area contributed by atoms with Crippen molar-refractivity contribution in [3.8, 4) is 5.88 Å². The number of ether oxygens (including phenoxy) is 1. The van der Waals surface area contributed by atoms with Crippen LogP contribution in [0.2, 0.25) is 0 Å². The van der Waals surface area contributed by atoms with E-state index in [1.165, 1.54) is 6.07 Å². The third-order valence-electron chi connectivity index (χ3n) is 4.01. The maximum Gasteiger partial charge on any atom is 0.234 e. The van der Waals surface area contributed by atoms with Gasteiger partial charge in [0, 0.05) is 19.1 Å². The van der Waals surface area contributed by atoms with Crippen molar-refractivity contribution in [2.24, 2.45) is 0 Å². The van der Waals surface area contributed by atoms with Gasteiger partial charge < -0.3 is 15.0 Å². The molecule has 1 aromatic heterocycles. The van der Waals surface area contributed by atoms with Gasteiger partial charge in [-0.3, -0.25) is 4.98 Å². The molecule has 1 aromatic carbocycles. The number of anilines is 2. The Morgan fingerprint density at radius 3 is 2.67 bits per heavy atom. The third kappa shape index (κ3) is 4.13. The molecule has 6 heteroatoms. The van der Waals surface area contributed by atoms with Gasteiger partial charge in [-0.05, 0) is 38.8 Å². The molecule has 0 atom stereocenters. The highest BCUT2D eigenvalue weighted by atomic mass is 19.1. The van der Waals surface area contributed by atoms with Gasteiger partial charge in [-0.15, -0.1) is 0 Å². The Balaban J connectivity index is 1.58. The summed E-state index contributed by atoms with van der Waals surface area (Å²) >= 11 is 0. The van der Waals surface area contributed by atoms with Gasteiger partial charge in [0.15, 0.2) is 5.82 Å². The van der Waals surface area contributed by atoms with Gasteiger partial charge in [-0.25, -0.2) is 4.39 Å². The van der Waals surface area contributed by atoms with Crippen molar-refractivity contribution in [2.45, 2.75) is 38.8 Å². The summed E-state index contributed by atoms with van der Waals surface area (Å²) in [6, 6.07) is 7.07. The van der Waals surface area contributed by atoms with Gasteiger partial charge in [0.1, 0.15) is 5.82 Å². The van der Waals surface area contributed by atoms with E-state index in [0.717, 1.165) is 31.7 Å². The quantitative estimate of drug-likeness (QED) is 0.909. The Morgan fingerprint density at radius 2 is 1.96 bits per heavy atom. The molecule has 0 radical (unpaired) electrons. The van der Waals surface area contributed by atoms with E-state index in [0.29, 0.717) is 11.6 Å². The van der Waals surface area contributed by atoms with Gasteiger partial charge >= 0.3 is 0 Å². The van der Waals surface area contributed by atoms with E-state index in [2.05, 4.69) is 20.2 Å². The number of hydrogen-bond acceptors (Lipinski definition) is 5. The van der Waals surface area contributed by atoms with E-state index in [1.54, 1.807) is 24.5 Å². The first-order valence-electron chi connectivity index (χ1n) is 8.36. The van der Waals surface area contributed by atoms with Gasteiger partial charge in [-0.2, -0.15) is 4.98 Å². The van der Waals surface area contributed by atoms with Crippen LogP contribution in [0.1, 0.15) is 26.7 Å². The van der Waals surface area contributed by atoms with E-state index in [1.807, 2.05) is 19.9 Å². The van der Waals surface area contributed by atoms with Crippen LogP contribution in [-0.4, -0.2) is 35.2 Å². The van der Waals surface area contributed by atoms with Crippen molar-refractivity contribution >= 4 is 11.5 Å². The number of rotatable bonds is 5. The van der Waals surface area contributed by atoms with Crippen LogP contribution in [-0.2, 0) is 0 Å². The van der Waals surface area contributed by atoms with E-state index in [9.17, 15) is 4.39 Å². The molecule has 1 aliphatic rings. The van der Waals surface area contributed by atoms with E-state index < -0.39 is 0 Å². The first-order chi connectivity index (χ1) is 11.6. The normalized spacial score (nSPS) is 15.6. The predicted octanol–water partition coefficient (Wildman–Crippen LogP) is 3.48. The van der Waals surface area contributed by atoms with Crippen molar-refractivity contribution in [3.05, 3.63) is 42.5 Å². The number of nitrogens with zero attached hydrogens (tertiary/aromatic N) is 3. The van der Waals surface area contributed by atoms with Crippen LogP contribution >= 0.6 is 0 Å². The molecule has 1 fully saturated rings. The van der Waals surface area contributed by atoms with Gasteiger partial charge in [0.25, 0.3) is 0 Å². The highest BCUT2D eigenvalue weighted by Gasteiger charge is 2.21. The lowest BCUT2D eigenvalue weighted by Gasteiger charge is -2.33. The van der Waals surface area contributed by atoms with Crippen molar-refractivity contribution in [3.63, 3.8) is 0 Å². The summed E-state index contributed by atoms with van der Waals surface area (Å²) < 4.78 is 19.3. The van der Waals surface area contributed by atoms with Crippen molar-refractivity contribution in [1.29, 1.82) is 0 Å². The molecular formula is C18H23FN4O. The molecule has 0 saturated carbocycles. The number of hydrogen-bond donors (Lipinski definition) is 1. The van der Waals surface area contributed by atoms with Crippen molar-refractivity contribution < 1.29 is 9.13 Å². The first kappa shape index (κ1) is 16.5. The molecule has 0 amide bonds. The van der Waals surface area contributed by atoms with Crippen LogP contribution in [0.4, 0.5) is 15.9 Å². The summed E-state index contributed by atoms with van der Waals surface area (Å²) in [7, 11) is 0. The average molecular weight is 330 g/mol. The van der Waals surface area contributed by atoms with Crippen molar-refractivity contribution in [2.75, 3.05) is 23.3 Å². The molecule has 1 N–H and O–H groups in total. The Hall–Kier alpha value is -2.37. The number of halogens is 1. The number of aromatic nitrogens is 2. The van der Waals surface area contributed by atoms with Crippen LogP contribution in [0.15, 0.2) is 36.7 Å². The SMILES string of the molecule is CC(C)Oc1cncc(N2CCC(Nc3ccccc3F)CC2)n1. The zero-order valence-electron chi connectivity index (χ0n) is 14.1. The Labute approximate surface area is 141 Å². The maximum atomic E-state index is 13.7. The Morgan fingerprint density at radius 1 is 1.21 bits per heavy atom. The molecule has 2 heterocycles. The lowest BCUT2D eigenvalue weighted by Crippen LogP contribution is -2.39. The van der Waals surface area contributed by atoms with Crippen LogP contribution in [0.5, 0.6) is 5.88 Å². The average Bonchev–Trinajstić information content (AvgIpc) is 2.57. The molecule has 0 aliphatic carbocycles. The number of nitrogens with one attached hydrogen (secondary N) is 1. The predicted molar refractivity (Wildman–Crippen MR) is 93.1 cm³/mol. The largest absolute Gasteiger partial charge is 0.474 e. The monoisotopic (exact) mass is 330 g/mol. The molecule has 1 aliphatic heterocycles. The standard InChI is InChI=1S/C18H23FN4O/c1-13(2)24-18-12-20-11-17(22-18)23-9-7-14(8-10-23)21-16-6-4-3-5-15(16)19/h3-6,11-14,21H,7-10H2,1-2H3. The molecule has 24 heavy (non-hydrogen) atoms. The fraction of sp³-hybridized carbons (Fsp3) is 0.444. The second-order valence-corrected chi connectivity index (χ2v) is 6.27. The fourth-order valence-electron chi connectivity index (χ4n) is 2.84. The van der Waals surface area contributed by atoms with Gasteiger partial charge in [0.05, 0.1) is 24.2 Å². The highest BCUT2D eigenvalue weighted by molar-refractivity contribution is 5.46. The van der Waals surface area contributed by atoms with E-state index in [-0.39, 0.29) is 18.0 Å². The lowest BCUT2D eigenvalue weighted by molar-refractivity contribution is 0.231. The van der Waals surface area contributed by atoms with Crippen LogP contribution in [0.25, 0.3) is 0 Å². The second kappa shape index (κ2) is 7.47. The van der Waals surface area contributed by atoms with Gasteiger partial charge in [0.2, 0.25) is 5.88 Å². The molecule has 3 rings (SSSR count). The molecule has 128 valence electrons. The minimum atomic E-state index is -0.204. The maximum absolute atomic E-state index is 13.7. The lowest BCUT2D eigenvalue weighted by atomic mass is 10.0. The summed E-state index contributed by atoms with van der Waals surface area (Å²) in [6.45, 7) is 5.64. The fourth-order valence-corrected chi connectivity index (χ4v) is 2.84. The highest BCUT2D eigenvalue weighted by Crippen LogP contribution is 2.23. The van der Waals surface area contributed by atoms with Crippen LogP contribution in [0, 0.1) is 5.82 Å². The summed E-state index contributed by atoms with van der Waals surface area (Å²) in [4.78, 5) is 10.9. The zero-order valence-corrected chi connectivity index (χ0v) is 14.1. The second-order valence-electron chi connectivity index (χ2n) is 6.27. The number of piperidine rings is 1. The van der Waals surface area contributed by atoms with E-state index in [4.69, 9.17) is 4.74 Å². The van der Waals surface area contributed by atoms with Crippen LogP contribution < -0.4 is 15.0 Å². The van der Waals surface area contributed by atoms with Crippen molar-refractivity contribution in [1.82, 2.24) is 9.97 Å². The molecule has 1 saturated heterocycles. The number of benzene rings is 1. The third-order valence-corrected chi connectivity index (χ3v) is 4.01. The Bertz CT molecular complexity index is 672. The molecule has 0 bridgehead atoms. The summed E-state index contributed by atoms with van der Waals surface area (Å²) in [5.41, 5.74) is 0.572. The van der Waals surface area contributed by atoms with Gasteiger partial charge in [-0.1, -0.05) is 12.1 Å². The molecule has 0 unspecified atom stereocenters. The van der Waals surface area contributed by atoms with E-state index >= 15 is 0 Å².